The second-order valence-corrected chi connectivity index (χ2v) is 7.44. The number of aliphatic imine (C=N–C) groups is 1. The summed E-state index contributed by atoms with van der Waals surface area (Å²) in [5.74, 6) is 3.19. The van der Waals surface area contributed by atoms with Crippen LogP contribution < -0.4 is 15.4 Å². The van der Waals surface area contributed by atoms with E-state index in [-0.39, 0.29) is 11.5 Å². The molecule has 0 aliphatic carbocycles. The second-order valence-electron chi connectivity index (χ2n) is 7.44. The maximum Gasteiger partial charge on any atom is 0.216 e. The second kappa shape index (κ2) is 7.81. The Labute approximate surface area is 155 Å². The van der Waals surface area contributed by atoms with Crippen molar-refractivity contribution in [2.45, 2.75) is 52.1 Å². The lowest BCUT2D eigenvalue weighted by atomic mass is 9.94. The molecule has 0 spiro atoms. The van der Waals surface area contributed by atoms with Gasteiger partial charge in [-0.3, -0.25) is 0 Å². The first kappa shape index (κ1) is 18.3. The number of ether oxygens (including phenoxy) is 1. The maximum absolute atomic E-state index is 5.83. The van der Waals surface area contributed by atoms with Crippen LogP contribution in [0.15, 0.2) is 39.9 Å². The number of hydrogen-bond acceptors (Lipinski definition) is 4. The molecule has 1 unspecified atom stereocenters. The van der Waals surface area contributed by atoms with Gasteiger partial charge in [-0.15, -0.1) is 0 Å². The fourth-order valence-electron chi connectivity index (χ4n) is 2.85. The van der Waals surface area contributed by atoms with Crippen molar-refractivity contribution in [1.82, 2.24) is 15.6 Å². The van der Waals surface area contributed by atoms with E-state index in [0.29, 0.717) is 19.0 Å². The first-order chi connectivity index (χ1) is 12.5. The average molecular weight is 356 g/mol. The van der Waals surface area contributed by atoms with Crippen LogP contribution in [0.5, 0.6) is 5.75 Å². The van der Waals surface area contributed by atoms with Crippen molar-refractivity contribution in [3.05, 3.63) is 47.7 Å². The third-order valence-corrected chi connectivity index (χ3v) is 4.28. The van der Waals surface area contributed by atoms with Gasteiger partial charge in [-0.2, -0.15) is 0 Å². The smallest absolute Gasteiger partial charge is 0.216 e. The molecule has 1 aromatic heterocycles. The van der Waals surface area contributed by atoms with Gasteiger partial charge in [0.1, 0.15) is 18.1 Å². The SMILES string of the molecule is CCNC(=NCc1ncc(C(C)(C)C)o1)NC1CCOc2ccccc21. The molecule has 1 atom stereocenters. The highest BCUT2D eigenvalue weighted by atomic mass is 16.5. The lowest BCUT2D eigenvalue weighted by Gasteiger charge is -2.28. The van der Waals surface area contributed by atoms with Gasteiger partial charge in [0.15, 0.2) is 5.96 Å². The zero-order valence-electron chi connectivity index (χ0n) is 16.0. The average Bonchev–Trinajstić information content (AvgIpc) is 3.10. The molecule has 0 radical (unpaired) electrons. The highest BCUT2D eigenvalue weighted by Gasteiger charge is 2.22. The summed E-state index contributed by atoms with van der Waals surface area (Å²) in [5.41, 5.74) is 1.11. The van der Waals surface area contributed by atoms with E-state index < -0.39 is 0 Å². The Balaban J connectivity index is 1.71. The third kappa shape index (κ3) is 4.36. The number of nitrogens with one attached hydrogen (secondary N) is 2. The number of nitrogens with zero attached hydrogens (tertiary/aromatic N) is 2. The molecule has 6 heteroatoms. The van der Waals surface area contributed by atoms with Crippen LogP contribution in [0, 0.1) is 0 Å². The van der Waals surface area contributed by atoms with E-state index in [1.54, 1.807) is 6.20 Å². The fraction of sp³-hybridized carbons (Fsp3) is 0.500. The van der Waals surface area contributed by atoms with Gasteiger partial charge in [-0.1, -0.05) is 39.0 Å². The lowest BCUT2D eigenvalue weighted by molar-refractivity contribution is 0.261. The van der Waals surface area contributed by atoms with E-state index in [4.69, 9.17) is 9.15 Å². The molecule has 2 N–H and O–H groups in total. The van der Waals surface area contributed by atoms with Gasteiger partial charge in [-0.25, -0.2) is 9.98 Å². The molecule has 2 aromatic rings. The highest BCUT2D eigenvalue weighted by molar-refractivity contribution is 5.80. The molecule has 0 amide bonds. The summed E-state index contributed by atoms with van der Waals surface area (Å²) in [5, 5.41) is 6.81. The Bertz CT molecular complexity index is 761. The van der Waals surface area contributed by atoms with Crippen molar-refractivity contribution in [3.63, 3.8) is 0 Å². The molecule has 1 aliphatic heterocycles. The normalized spacial score (nSPS) is 17.4. The number of rotatable bonds is 4. The summed E-state index contributed by atoms with van der Waals surface area (Å²) in [7, 11) is 0. The van der Waals surface area contributed by atoms with E-state index >= 15 is 0 Å². The molecule has 0 fully saturated rings. The van der Waals surface area contributed by atoms with E-state index in [1.807, 2.05) is 18.2 Å². The molecule has 140 valence electrons. The minimum absolute atomic E-state index is 0.0521. The molecule has 1 aliphatic rings. The van der Waals surface area contributed by atoms with E-state index in [1.165, 1.54) is 0 Å². The number of fused-ring (bicyclic) bond motifs is 1. The zero-order chi connectivity index (χ0) is 18.6. The number of hydrogen-bond donors (Lipinski definition) is 2. The van der Waals surface area contributed by atoms with Crippen LogP contribution in [0.4, 0.5) is 0 Å². The monoisotopic (exact) mass is 356 g/mol. The first-order valence-electron chi connectivity index (χ1n) is 9.19. The Morgan fingerprint density at radius 3 is 2.85 bits per heavy atom. The van der Waals surface area contributed by atoms with Gasteiger partial charge in [0.25, 0.3) is 0 Å². The van der Waals surface area contributed by atoms with Crippen molar-refractivity contribution < 1.29 is 9.15 Å². The fourth-order valence-corrected chi connectivity index (χ4v) is 2.85. The van der Waals surface area contributed by atoms with Gasteiger partial charge in [-0.05, 0) is 13.0 Å². The number of para-hydroxylation sites is 1. The quantitative estimate of drug-likeness (QED) is 0.647. The van der Waals surface area contributed by atoms with Crippen molar-refractivity contribution in [2.75, 3.05) is 13.2 Å². The van der Waals surface area contributed by atoms with Crippen molar-refractivity contribution in [3.8, 4) is 5.75 Å². The van der Waals surface area contributed by atoms with E-state index in [2.05, 4.69) is 54.4 Å². The van der Waals surface area contributed by atoms with Crippen LogP contribution in [0.1, 0.15) is 57.4 Å². The number of oxazole rings is 1. The van der Waals surface area contributed by atoms with Gasteiger partial charge in [0.2, 0.25) is 5.89 Å². The molecule has 1 aromatic carbocycles. The number of benzene rings is 1. The minimum atomic E-state index is -0.0521. The van der Waals surface area contributed by atoms with E-state index in [0.717, 1.165) is 36.0 Å². The summed E-state index contributed by atoms with van der Waals surface area (Å²) in [6, 6.07) is 8.31. The van der Waals surface area contributed by atoms with Crippen molar-refractivity contribution >= 4 is 5.96 Å². The maximum atomic E-state index is 5.83. The van der Waals surface area contributed by atoms with Crippen LogP contribution in [0.3, 0.4) is 0 Å². The topological polar surface area (TPSA) is 71.7 Å². The Morgan fingerprint density at radius 2 is 2.12 bits per heavy atom. The van der Waals surface area contributed by atoms with Gasteiger partial charge in [0, 0.05) is 23.9 Å². The lowest BCUT2D eigenvalue weighted by Crippen LogP contribution is -2.41. The van der Waals surface area contributed by atoms with Gasteiger partial charge >= 0.3 is 0 Å². The Hall–Kier alpha value is -2.50. The largest absolute Gasteiger partial charge is 0.493 e. The van der Waals surface area contributed by atoms with Crippen LogP contribution in [-0.2, 0) is 12.0 Å². The Kier molecular flexibility index (Phi) is 5.49. The molecule has 0 saturated heterocycles. The number of aromatic nitrogens is 1. The first-order valence-corrected chi connectivity index (χ1v) is 9.19. The van der Waals surface area contributed by atoms with Gasteiger partial charge in [0.05, 0.1) is 18.8 Å². The Morgan fingerprint density at radius 1 is 1.31 bits per heavy atom. The van der Waals surface area contributed by atoms with Crippen LogP contribution in [-0.4, -0.2) is 24.1 Å². The molecular formula is C20H28N4O2. The third-order valence-electron chi connectivity index (χ3n) is 4.28. The summed E-state index contributed by atoms with van der Waals surface area (Å²) in [6.45, 7) is 10.3. The molecule has 6 nitrogen and oxygen atoms in total. The molecule has 3 rings (SSSR count). The number of guanidine groups is 1. The van der Waals surface area contributed by atoms with Crippen LogP contribution in [0.25, 0.3) is 0 Å². The minimum Gasteiger partial charge on any atom is -0.493 e. The zero-order valence-corrected chi connectivity index (χ0v) is 16.0. The van der Waals surface area contributed by atoms with Crippen molar-refractivity contribution in [1.29, 1.82) is 0 Å². The summed E-state index contributed by atoms with van der Waals surface area (Å²) >= 11 is 0. The molecular weight excluding hydrogens is 328 g/mol. The molecule has 2 heterocycles. The van der Waals surface area contributed by atoms with Crippen LogP contribution in [0.2, 0.25) is 0 Å². The summed E-state index contributed by atoms with van der Waals surface area (Å²) < 4.78 is 11.6. The molecule has 0 bridgehead atoms. The molecule has 26 heavy (non-hydrogen) atoms. The van der Waals surface area contributed by atoms with E-state index in [9.17, 15) is 0 Å². The summed E-state index contributed by atoms with van der Waals surface area (Å²) in [6.07, 6.45) is 2.69. The predicted octanol–water partition coefficient (Wildman–Crippen LogP) is 3.55. The molecule has 0 saturated carbocycles. The van der Waals surface area contributed by atoms with Gasteiger partial charge < -0.3 is 19.8 Å². The predicted molar refractivity (Wildman–Crippen MR) is 102 cm³/mol. The summed E-state index contributed by atoms with van der Waals surface area (Å²) in [4.78, 5) is 8.99. The standard InChI is InChI=1S/C20H28N4O2/c1-5-21-19(23-13-18-22-12-17(26-18)20(2,3)4)24-15-10-11-25-16-9-7-6-8-14(15)16/h6-9,12,15H,5,10-11,13H2,1-4H3,(H2,21,23,24). The highest BCUT2D eigenvalue weighted by Crippen LogP contribution is 2.31. The van der Waals surface area contributed by atoms with Crippen molar-refractivity contribution in [2.24, 2.45) is 4.99 Å². The van der Waals surface area contributed by atoms with Crippen LogP contribution >= 0.6 is 0 Å².